The fraction of sp³-hybridized carbons (Fsp3) is 0.611. The Labute approximate surface area is 133 Å². The topological polar surface area (TPSA) is 58.4 Å². The molecule has 0 aromatic heterocycles. The maximum Gasteiger partial charge on any atom is 0.223 e. The van der Waals surface area contributed by atoms with Crippen LogP contribution in [0.1, 0.15) is 38.2 Å². The van der Waals surface area contributed by atoms with Crippen molar-refractivity contribution in [2.24, 2.45) is 11.7 Å². The molecular weight excluding hydrogens is 274 g/mol. The molecule has 4 unspecified atom stereocenters. The molecular formula is C18H27N3O. The summed E-state index contributed by atoms with van der Waals surface area (Å²) >= 11 is 0. The smallest absolute Gasteiger partial charge is 0.223 e. The van der Waals surface area contributed by atoms with Gasteiger partial charge in [0, 0.05) is 37.1 Å². The lowest BCUT2D eigenvalue weighted by atomic mass is 10.1. The van der Waals surface area contributed by atoms with Crippen molar-refractivity contribution < 1.29 is 4.79 Å². The summed E-state index contributed by atoms with van der Waals surface area (Å²) in [5, 5.41) is 3.25. The Morgan fingerprint density at radius 2 is 2.05 bits per heavy atom. The van der Waals surface area contributed by atoms with Gasteiger partial charge in [0.1, 0.15) is 0 Å². The first-order chi connectivity index (χ1) is 10.6. The summed E-state index contributed by atoms with van der Waals surface area (Å²) in [5.74, 6) is 0.347. The third-order valence-electron chi connectivity index (χ3n) is 5.12. The maximum atomic E-state index is 12.3. The van der Waals surface area contributed by atoms with E-state index in [2.05, 4.69) is 41.4 Å². The highest BCUT2D eigenvalue weighted by Crippen LogP contribution is 2.26. The van der Waals surface area contributed by atoms with E-state index < -0.39 is 0 Å². The van der Waals surface area contributed by atoms with Crippen molar-refractivity contribution in [2.75, 3.05) is 6.54 Å². The zero-order valence-electron chi connectivity index (χ0n) is 13.4. The van der Waals surface area contributed by atoms with Gasteiger partial charge in [-0.05, 0) is 38.2 Å². The summed E-state index contributed by atoms with van der Waals surface area (Å²) < 4.78 is 0. The number of hydrogen-bond donors (Lipinski definition) is 2. The molecule has 0 spiro atoms. The highest BCUT2D eigenvalue weighted by atomic mass is 16.2. The number of likely N-dealkylation sites (tertiary alicyclic amines) is 1. The molecule has 1 amide bonds. The van der Waals surface area contributed by atoms with Crippen LogP contribution in [-0.4, -0.2) is 35.5 Å². The van der Waals surface area contributed by atoms with Crippen LogP contribution in [-0.2, 0) is 11.3 Å². The molecule has 1 saturated carbocycles. The normalized spacial score (nSPS) is 32.3. The van der Waals surface area contributed by atoms with E-state index in [0.717, 1.165) is 38.8 Å². The lowest BCUT2D eigenvalue weighted by molar-refractivity contribution is -0.125. The summed E-state index contributed by atoms with van der Waals surface area (Å²) in [7, 11) is 0. The van der Waals surface area contributed by atoms with E-state index in [4.69, 9.17) is 5.73 Å². The molecule has 120 valence electrons. The summed E-state index contributed by atoms with van der Waals surface area (Å²) in [6.45, 7) is 4.16. The number of nitrogens with two attached hydrogens (primary N) is 1. The van der Waals surface area contributed by atoms with E-state index in [1.165, 1.54) is 5.56 Å². The second-order valence-corrected chi connectivity index (χ2v) is 6.98. The van der Waals surface area contributed by atoms with Gasteiger partial charge in [0.05, 0.1) is 0 Å². The van der Waals surface area contributed by atoms with Crippen molar-refractivity contribution in [1.82, 2.24) is 10.2 Å². The molecule has 0 radical (unpaired) electrons. The Bertz CT molecular complexity index is 504. The number of rotatable bonds is 4. The van der Waals surface area contributed by atoms with Crippen LogP contribution in [0.3, 0.4) is 0 Å². The molecule has 2 aliphatic rings. The van der Waals surface area contributed by atoms with E-state index >= 15 is 0 Å². The van der Waals surface area contributed by atoms with Gasteiger partial charge in [0.2, 0.25) is 5.91 Å². The van der Waals surface area contributed by atoms with Gasteiger partial charge in [0.25, 0.3) is 0 Å². The summed E-state index contributed by atoms with van der Waals surface area (Å²) in [4.78, 5) is 14.8. The molecule has 3 N–H and O–H groups in total. The Hall–Kier alpha value is -1.39. The van der Waals surface area contributed by atoms with Crippen molar-refractivity contribution in [3.63, 3.8) is 0 Å². The van der Waals surface area contributed by atoms with Gasteiger partial charge in [-0.3, -0.25) is 9.69 Å². The van der Waals surface area contributed by atoms with E-state index in [0.29, 0.717) is 6.04 Å². The predicted molar refractivity (Wildman–Crippen MR) is 88.2 cm³/mol. The lowest BCUT2D eigenvalue weighted by Crippen LogP contribution is -2.40. The minimum atomic E-state index is 0.133. The van der Waals surface area contributed by atoms with E-state index in [1.807, 2.05) is 6.07 Å². The number of nitrogens with zero attached hydrogens (tertiary/aromatic N) is 1. The zero-order chi connectivity index (χ0) is 15.5. The number of hydrogen-bond acceptors (Lipinski definition) is 3. The van der Waals surface area contributed by atoms with E-state index in [9.17, 15) is 4.79 Å². The number of amides is 1. The molecule has 0 bridgehead atoms. The second-order valence-electron chi connectivity index (χ2n) is 6.98. The highest BCUT2D eigenvalue weighted by molar-refractivity contribution is 5.79. The third kappa shape index (κ3) is 3.68. The van der Waals surface area contributed by atoms with E-state index in [-0.39, 0.29) is 23.9 Å². The highest BCUT2D eigenvalue weighted by Gasteiger charge is 2.33. The third-order valence-corrected chi connectivity index (χ3v) is 5.12. The fourth-order valence-electron chi connectivity index (χ4n) is 3.81. The van der Waals surface area contributed by atoms with Crippen molar-refractivity contribution >= 4 is 5.91 Å². The Balaban J connectivity index is 1.51. The summed E-state index contributed by atoms with van der Waals surface area (Å²) in [5.41, 5.74) is 7.25. The molecule has 4 atom stereocenters. The van der Waals surface area contributed by atoms with Gasteiger partial charge in [-0.2, -0.15) is 0 Å². The first-order valence-electron chi connectivity index (χ1n) is 8.45. The summed E-state index contributed by atoms with van der Waals surface area (Å²) in [6.07, 6.45) is 3.82. The zero-order valence-corrected chi connectivity index (χ0v) is 13.4. The minimum Gasteiger partial charge on any atom is -0.352 e. The molecule has 1 aliphatic heterocycles. The average molecular weight is 301 g/mol. The van der Waals surface area contributed by atoms with Gasteiger partial charge in [-0.1, -0.05) is 30.3 Å². The van der Waals surface area contributed by atoms with Gasteiger partial charge in [0.15, 0.2) is 0 Å². The van der Waals surface area contributed by atoms with Gasteiger partial charge in [-0.25, -0.2) is 0 Å². The van der Waals surface area contributed by atoms with Crippen LogP contribution in [0, 0.1) is 5.92 Å². The Morgan fingerprint density at radius 3 is 2.73 bits per heavy atom. The molecule has 1 aliphatic carbocycles. The largest absolute Gasteiger partial charge is 0.352 e. The monoisotopic (exact) mass is 301 g/mol. The molecule has 1 aromatic rings. The first kappa shape index (κ1) is 15.5. The van der Waals surface area contributed by atoms with Crippen molar-refractivity contribution in [3.8, 4) is 0 Å². The molecule has 1 heterocycles. The fourth-order valence-corrected chi connectivity index (χ4v) is 3.81. The number of carbonyl (C=O) groups excluding carboxylic acids is 1. The molecule has 1 saturated heterocycles. The average Bonchev–Trinajstić information content (AvgIpc) is 3.07. The molecule has 4 nitrogen and oxygen atoms in total. The van der Waals surface area contributed by atoms with Crippen molar-refractivity contribution in [3.05, 3.63) is 35.9 Å². The Morgan fingerprint density at radius 1 is 1.27 bits per heavy atom. The maximum absolute atomic E-state index is 12.3. The summed E-state index contributed by atoms with van der Waals surface area (Å²) in [6, 6.07) is 11.5. The van der Waals surface area contributed by atoms with Crippen LogP contribution < -0.4 is 11.1 Å². The van der Waals surface area contributed by atoms with Crippen LogP contribution in [0.4, 0.5) is 0 Å². The molecule has 1 aromatic carbocycles. The molecule has 2 fully saturated rings. The number of nitrogens with one attached hydrogen (secondary N) is 1. The van der Waals surface area contributed by atoms with Crippen LogP contribution in [0.2, 0.25) is 0 Å². The van der Waals surface area contributed by atoms with Crippen LogP contribution in [0.5, 0.6) is 0 Å². The number of carbonyl (C=O) groups is 1. The number of benzene rings is 1. The first-order valence-corrected chi connectivity index (χ1v) is 8.45. The van der Waals surface area contributed by atoms with Gasteiger partial charge < -0.3 is 11.1 Å². The van der Waals surface area contributed by atoms with Crippen LogP contribution in [0.15, 0.2) is 30.3 Å². The molecule has 3 rings (SSSR count). The predicted octanol–water partition coefficient (Wildman–Crippen LogP) is 1.89. The SMILES string of the molecule is CC1CC(NC(=O)C2CCC(N)C2)CN1Cc1ccccc1. The van der Waals surface area contributed by atoms with E-state index in [1.54, 1.807) is 0 Å². The standard InChI is InChI=1S/C18H27N3O/c1-13-9-17(20-18(22)15-7-8-16(19)10-15)12-21(13)11-14-5-3-2-4-6-14/h2-6,13,15-17H,7-12,19H2,1H3,(H,20,22). The molecule has 22 heavy (non-hydrogen) atoms. The van der Waals surface area contributed by atoms with Crippen molar-refractivity contribution in [1.29, 1.82) is 0 Å². The van der Waals surface area contributed by atoms with Crippen LogP contribution in [0.25, 0.3) is 0 Å². The Kier molecular flexibility index (Phi) is 4.79. The quantitative estimate of drug-likeness (QED) is 0.893. The van der Waals surface area contributed by atoms with Crippen LogP contribution >= 0.6 is 0 Å². The molecule has 4 heteroatoms. The van der Waals surface area contributed by atoms with Crippen molar-refractivity contribution in [2.45, 2.75) is 57.3 Å². The van der Waals surface area contributed by atoms with Gasteiger partial charge >= 0.3 is 0 Å². The minimum absolute atomic E-state index is 0.133. The lowest BCUT2D eigenvalue weighted by Gasteiger charge is -2.21. The van der Waals surface area contributed by atoms with Gasteiger partial charge in [-0.15, -0.1) is 0 Å². The second kappa shape index (κ2) is 6.80.